The Morgan fingerprint density at radius 2 is 0.733 bits per heavy atom. The van der Waals surface area contributed by atoms with Crippen molar-refractivity contribution in [1.82, 2.24) is 0 Å². The number of aryl methyl sites for hydroxylation is 4. The molecular weight excluding hydrogens is 1030 g/mol. The third kappa shape index (κ3) is 14.3. The number of benzene rings is 5. The minimum atomic E-state index is -3.12. The van der Waals surface area contributed by atoms with Crippen molar-refractivity contribution in [3.8, 4) is 11.5 Å². The summed E-state index contributed by atoms with van der Waals surface area (Å²) in [6.07, 6.45) is 11.7. The Kier molecular flexibility index (Phi) is 19.8. The molecule has 5 aromatic carbocycles. The Bertz CT molecular complexity index is 2340. The number of ether oxygens (including phenoxy) is 2. The Labute approximate surface area is 455 Å². The molecule has 0 spiro atoms. The van der Waals surface area contributed by atoms with Gasteiger partial charge in [0.15, 0.2) is 0 Å². The molecule has 406 valence electrons. The van der Waals surface area contributed by atoms with Crippen molar-refractivity contribution in [3.63, 3.8) is 0 Å². The maximum absolute atomic E-state index is 14.8. The van der Waals surface area contributed by atoms with Crippen LogP contribution < -0.4 is 25.4 Å². The summed E-state index contributed by atoms with van der Waals surface area (Å²) in [6, 6.07) is 39.2. The molecule has 4 fully saturated rings. The van der Waals surface area contributed by atoms with Crippen LogP contribution in [0.3, 0.4) is 0 Å². The van der Waals surface area contributed by atoms with Crippen LogP contribution in [-0.2, 0) is 4.79 Å². The zero-order valence-electron chi connectivity index (χ0n) is 45.8. The van der Waals surface area contributed by atoms with E-state index in [0.29, 0.717) is 55.1 Å². The predicted octanol–water partition coefficient (Wildman–Crippen LogP) is 18.2. The van der Waals surface area contributed by atoms with E-state index in [2.05, 4.69) is 126 Å². The average Bonchev–Trinajstić information content (AvgIpc) is 3.44. The first-order chi connectivity index (χ1) is 35.7. The van der Waals surface area contributed by atoms with Gasteiger partial charge in [0.25, 0.3) is 0 Å². The van der Waals surface area contributed by atoms with Gasteiger partial charge in [0, 0.05) is 5.92 Å². The summed E-state index contributed by atoms with van der Waals surface area (Å²) in [5.74, 6) is 2.56. The second kappa shape index (κ2) is 25.5. The molecule has 0 aromatic heterocycles. The molecule has 0 saturated heterocycles. The first-order valence-electron chi connectivity index (χ1n) is 28.0. The summed E-state index contributed by atoms with van der Waals surface area (Å²) in [6.45, 7) is 18.0. The molecule has 0 bridgehead atoms. The molecule has 4 aliphatic rings. The van der Waals surface area contributed by atoms with Gasteiger partial charge in [0.2, 0.25) is 0 Å². The number of carbonyl (C=O) groups excluding carboxylic acids is 1. The van der Waals surface area contributed by atoms with Gasteiger partial charge in [-0.05, 0) is 232 Å². The van der Waals surface area contributed by atoms with E-state index < -0.39 is 29.4 Å². The number of aldehydes is 1. The summed E-state index contributed by atoms with van der Waals surface area (Å²) in [7, 11) is 0. The van der Waals surface area contributed by atoms with Gasteiger partial charge in [0.1, 0.15) is 17.8 Å². The third-order valence-electron chi connectivity index (χ3n) is 18.4. The summed E-state index contributed by atoms with van der Waals surface area (Å²) in [5, 5.41) is 1.48. The van der Waals surface area contributed by atoms with Gasteiger partial charge in [-0.25, -0.2) is 0 Å². The first-order valence-corrected chi connectivity index (χ1v) is 32.7. The van der Waals surface area contributed by atoms with Crippen molar-refractivity contribution in [3.05, 3.63) is 161 Å². The van der Waals surface area contributed by atoms with E-state index in [1.165, 1.54) is 41.6 Å². The van der Waals surface area contributed by atoms with Gasteiger partial charge >= 0.3 is 147 Å². The minimum absolute atomic E-state index is 0.219. The standard InChI is InChI=1S/C24H34F2O.C23H32F2O2.C19H18BrP/c1-5-19-6-8-20(9-7-19)21-10-12-22(13-11-21)24(25,26)27-23-14-16(2)18(4)17(3)15-23;1-15-12-22(13-16(2)17(15)3)27-23(24,25)21-10-8-20(9-11-21)19-6-4-18(14-26)5-7-19;1-21(20,17-11-5-2-6-12-17,18-13-7-3-8-14-18)19-15-9-4-10-16-19/h5,14-15,19-22H,1,6-13H2,2-4H3;12-14,18-21H,4-11H2,1-3H3;2-16H,1H3. The molecular formula is C66H84BrF4O3P. The van der Waals surface area contributed by atoms with Crippen molar-refractivity contribution in [2.75, 3.05) is 6.66 Å². The van der Waals surface area contributed by atoms with Crippen molar-refractivity contribution in [2.24, 2.45) is 47.3 Å². The molecule has 9 heteroatoms. The van der Waals surface area contributed by atoms with Crippen LogP contribution in [0.4, 0.5) is 17.6 Å². The molecule has 0 amide bonds. The van der Waals surface area contributed by atoms with Crippen LogP contribution in [0.15, 0.2) is 128 Å². The van der Waals surface area contributed by atoms with Crippen LogP contribution >= 0.6 is 20.8 Å². The van der Waals surface area contributed by atoms with Crippen LogP contribution in [0.25, 0.3) is 0 Å². The quantitative estimate of drug-likeness (QED) is 0.0510. The predicted molar refractivity (Wildman–Crippen MR) is 311 cm³/mol. The van der Waals surface area contributed by atoms with Crippen LogP contribution in [0.1, 0.15) is 136 Å². The van der Waals surface area contributed by atoms with E-state index in [-0.39, 0.29) is 11.7 Å². The summed E-state index contributed by atoms with van der Waals surface area (Å²) in [4.78, 5) is 10.9. The molecule has 0 radical (unpaired) electrons. The Morgan fingerprint density at radius 1 is 0.467 bits per heavy atom. The van der Waals surface area contributed by atoms with Gasteiger partial charge < -0.3 is 14.3 Å². The zero-order chi connectivity index (χ0) is 54.0. The van der Waals surface area contributed by atoms with E-state index in [1.54, 1.807) is 24.3 Å². The normalized spacial score (nSPS) is 24.9. The monoisotopic (exact) mass is 1110 g/mol. The van der Waals surface area contributed by atoms with E-state index in [4.69, 9.17) is 9.47 Å². The largest absolute Gasteiger partial charge is 0.432 e. The van der Waals surface area contributed by atoms with Gasteiger partial charge in [-0.2, -0.15) is 17.6 Å². The Morgan fingerprint density at radius 3 is 1.00 bits per heavy atom. The molecule has 0 aliphatic heterocycles. The van der Waals surface area contributed by atoms with Crippen LogP contribution in [-0.4, -0.2) is 25.2 Å². The zero-order valence-corrected chi connectivity index (χ0v) is 48.3. The molecule has 0 heterocycles. The smallest absolute Gasteiger partial charge is 0.400 e. The number of hydrogen-bond donors (Lipinski definition) is 0. The number of carbonyl (C=O) groups is 1. The second-order valence-electron chi connectivity index (χ2n) is 23.1. The molecule has 0 unspecified atom stereocenters. The number of alkyl halides is 4. The minimum Gasteiger partial charge on any atom is -0.432 e. The van der Waals surface area contributed by atoms with Crippen molar-refractivity contribution in [1.29, 1.82) is 0 Å². The number of rotatable bonds is 13. The molecule has 3 nitrogen and oxygen atoms in total. The average molecular weight is 1110 g/mol. The maximum atomic E-state index is 14.8. The number of allylic oxidation sites excluding steroid dienone is 1. The SMILES string of the molecule is C=CC1CCC(C2CCC(C(F)(F)Oc3cc(C)c(C)c(C)c3)CC2)CC1.CP(Br)(c1ccccc1)(c1ccccc1)c1ccccc1.Cc1cc(OC(F)(F)C2CCC(C3CCC(C=O)CC3)CC2)cc(C)c1C. The molecule has 75 heavy (non-hydrogen) atoms. The van der Waals surface area contributed by atoms with Gasteiger partial charge in [-0.15, -0.1) is 6.58 Å². The second-order valence-corrected chi connectivity index (χ2v) is 32.8. The fourth-order valence-electron chi connectivity index (χ4n) is 12.8. The molecule has 5 aromatic rings. The Hall–Kier alpha value is -4.26. The van der Waals surface area contributed by atoms with E-state index in [0.717, 1.165) is 97.0 Å². The maximum Gasteiger partial charge on any atom is 0.400 e. The summed E-state index contributed by atoms with van der Waals surface area (Å²) >= 11 is 4.24. The van der Waals surface area contributed by atoms with Crippen molar-refractivity contribution < 1.29 is 31.8 Å². The van der Waals surface area contributed by atoms with Crippen LogP contribution in [0.2, 0.25) is 0 Å². The molecule has 4 saturated carbocycles. The van der Waals surface area contributed by atoms with E-state index >= 15 is 0 Å². The summed E-state index contributed by atoms with van der Waals surface area (Å²) in [5.41, 5.74) is 6.22. The fourth-order valence-corrected chi connectivity index (χ4v) is 18.5. The van der Waals surface area contributed by atoms with Gasteiger partial charge in [-0.3, -0.25) is 0 Å². The van der Waals surface area contributed by atoms with E-state index in [1.807, 2.05) is 41.5 Å². The van der Waals surface area contributed by atoms with Gasteiger partial charge in [0.05, 0.1) is 11.8 Å². The molecule has 0 N–H and O–H groups in total. The number of halogens is 5. The van der Waals surface area contributed by atoms with Crippen LogP contribution in [0.5, 0.6) is 11.5 Å². The third-order valence-corrected chi connectivity index (χ3v) is 26.7. The number of hydrogen-bond acceptors (Lipinski definition) is 3. The molecule has 0 atom stereocenters. The fraction of sp³-hybridized carbons (Fsp3) is 0.500. The first kappa shape index (κ1) is 58.4. The van der Waals surface area contributed by atoms with E-state index in [9.17, 15) is 22.4 Å². The molecule has 9 rings (SSSR count). The van der Waals surface area contributed by atoms with Gasteiger partial charge in [-0.1, -0.05) is 6.08 Å². The Balaban J connectivity index is 0.000000165. The van der Waals surface area contributed by atoms with Crippen LogP contribution in [0, 0.1) is 88.9 Å². The van der Waals surface area contributed by atoms with Crippen molar-refractivity contribution >= 4 is 43.0 Å². The molecule has 4 aliphatic carbocycles. The summed E-state index contributed by atoms with van der Waals surface area (Å²) < 4.78 is 69.5. The topological polar surface area (TPSA) is 35.5 Å². The van der Waals surface area contributed by atoms with Crippen molar-refractivity contribution in [2.45, 2.75) is 156 Å².